The number of benzene rings is 1. The molecule has 2 aliphatic rings. The lowest BCUT2D eigenvalue weighted by atomic mass is 10.1. The van der Waals surface area contributed by atoms with Crippen molar-refractivity contribution in [3.8, 4) is 5.75 Å². The summed E-state index contributed by atoms with van der Waals surface area (Å²) in [4.78, 5) is 29.9. The van der Waals surface area contributed by atoms with Gasteiger partial charge in [-0.25, -0.2) is 26.3 Å². The molecule has 0 spiro atoms. The van der Waals surface area contributed by atoms with Gasteiger partial charge in [-0.15, -0.1) is 11.3 Å². The molecule has 1 unspecified atom stereocenters. The zero-order valence-electron chi connectivity index (χ0n) is 24.8. The quantitative estimate of drug-likeness (QED) is 0.278. The summed E-state index contributed by atoms with van der Waals surface area (Å²) in [6.45, 7) is 8.44. The third-order valence-electron chi connectivity index (χ3n) is 7.66. The number of sulfonamides is 2. The first-order valence-electron chi connectivity index (χ1n) is 14.7. The minimum absolute atomic E-state index is 0.00102. The summed E-state index contributed by atoms with van der Waals surface area (Å²) in [5, 5.41) is 3.64. The Morgan fingerprint density at radius 2 is 1.55 bits per heavy atom. The second-order valence-corrected chi connectivity index (χ2v) is 15.3. The van der Waals surface area contributed by atoms with E-state index in [1.54, 1.807) is 45.5 Å². The highest BCUT2D eigenvalue weighted by molar-refractivity contribution is 7.92. The minimum atomic E-state index is -3.73. The topological polar surface area (TPSA) is 142 Å². The average molecular weight is 665 g/mol. The molecule has 14 heteroatoms. The standard InChI is InChI=1S/C30H40N4O7S3/c1-3-5-15-41-27-8-6-25(7-9-27)29(35)33-13-10-24(20-33)19-32-44(39,40)16-12-28-17-26(22-42-28)30(36)34-14-11-23(21-34)18-31-43(37,38)4-2/h4,6-9,12,16-17,22-24,31-32H,2-3,5,10-11,13-15,18-21H2,1H3/b16-12+/t23-,24?/m1/s1. The number of likely N-dealkylation sites (tertiary alicyclic amines) is 2. The van der Waals surface area contributed by atoms with E-state index in [9.17, 15) is 26.4 Å². The largest absolute Gasteiger partial charge is 0.494 e. The second-order valence-electron chi connectivity index (χ2n) is 11.0. The molecule has 2 N–H and O–H groups in total. The molecule has 2 aliphatic heterocycles. The van der Waals surface area contributed by atoms with Gasteiger partial charge in [0.2, 0.25) is 20.0 Å². The summed E-state index contributed by atoms with van der Waals surface area (Å²) < 4.78 is 59.2. The molecule has 2 amide bonds. The van der Waals surface area contributed by atoms with Crippen LogP contribution in [0.2, 0.25) is 0 Å². The summed E-state index contributed by atoms with van der Waals surface area (Å²) in [6, 6.07) is 8.76. The number of nitrogens with zero attached hydrogens (tertiary/aromatic N) is 2. The van der Waals surface area contributed by atoms with Gasteiger partial charge in [-0.05, 0) is 67.5 Å². The van der Waals surface area contributed by atoms with Crippen LogP contribution < -0.4 is 14.2 Å². The van der Waals surface area contributed by atoms with E-state index in [4.69, 9.17) is 4.74 Å². The van der Waals surface area contributed by atoms with E-state index in [1.807, 2.05) is 0 Å². The van der Waals surface area contributed by atoms with Gasteiger partial charge in [0, 0.05) is 65.9 Å². The number of carbonyl (C=O) groups excluding carboxylic acids is 2. The van der Waals surface area contributed by atoms with Crippen molar-refractivity contribution < 1.29 is 31.2 Å². The summed E-state index contributed by atoms with van der Waals surface area (Å²) in [5.74, 6) is 0.486. The van der Waals surface area contributed by atoms with Crippen LogP contribution in [0, 0.1) is 11.8 Å². The Morgan fingerprint density at radius 3 is 2.14 bits per heavy atom. The van der Waals surface area contributed by atoms with E-state index in [-0.39, 0.29) is 36.7 Å². The molecule has 0 saturated carbocycles. The molecule has 1 aromatic heterocycles. The van der Waals surface area contributed by atoms with Crippen LogP contribution in [0.15, 0.2) is 53.1 Å². The van der Waals surface area contributed by atoms with Crippen molar-refractivity contribution in [2.24, 2.45) is 11.8 Å². The molecule has 240 valence electrons. The van der Waals surface area contributed by atoms with Crippen molar-refractivity contribution in [2.45, 2.75) is 32.6 Å². The van der Waals surface area contributed by atoms with Crippen LogP contribution >= 0.6 is 11.3 Å². The number of thiophene rings is 1. The van der Waals surface area contributed by atoms with Gasteiger partial charge in [0.05, 0.1) is 12.2 Å². The summed E-state index contributed by atoms with van der Waals surface area (Å²) in [7, 11) is -7.24. The lowest BCUT2D eigenvalue weighted by molar-refractivity contribution is 0.0780. The Balaban J connectivity index is 1.21. The van der Waals surface area contributed by atoms with E-state index in [2.05, 4.69) is 22.9 Å². The molecular formula is C30H40N4O7S3. The van der Waals surface area contributed by atoms with E-state index >= 15 is 0 Å². The number of hydrogen-bond acceptors (Lipinski definition) is 8. The predicted molar refractivity (Wildman–Crippen MR) is 172 cm³/mol. The number of rotatable bonds is 15. The number of ether oxygens (including phenoxy) is 1. The Bertz CT molecular complexity index is 1550. The number of nitrogens with one attached hydrogen (secondary N) is 2. The molecule has 0 bridgehead atoms. The fourth-order valence-electron chi connectivity index (χ4n) is 5.04. The molecule has 2 saturated heterocycles. The van der Waals surface area contributed by atoms with Gasteiger partial charge in [0.15, 0.2) is 0 Å². The highest BCUT2D eigenvalue weighted by Crippen LogP contribution is 2.23. The number of hydrogen-bond donors (Lipinski definition) is 2. The van der Waals surface area contributed by atoms with Crippen molar-refractivity contribution in [1.82, 2.24) is 19.2 Å². The average Bonchev–Trinajstić information content (AvgIpc) is 3.80. The molecule has 2 fully saturated rings. The van der Waals surface area contributed by atoms with Crippen LogP contribution in [0.1, 0.15) is 58.2 Å². The van der Waals surface area contributed by atoms with Crippen LogP contribution in [0.5, 0.6) is 5.75 Å². The lowest BCUT2D eigenvalue weighted by Crippen LogP contribution is -2.32. The molecule has 0 radical (unpaired) electrons. The van der Waals surface area contributed by atoms with Crippen molar-refractivity contribution in [3.05, 3.63) is 69.1 Å². The van der Waals surface area contributed by atoms with Crippen LogP contribution in [-0.4, -0.2) is 84.3 Å². The third-order valence-corrected chi connectivity index (χ3v) is 10.6. The van der Waals surface area contributed by atoms with E-state index < -0.39 is 20.0 Å². The second kappa shape index (κ2) is 15.3. The van der Waals surface area contributed by atoms with Gasteiger partial charge in [-0.2, -0.15) is 0 Å². The van der Waals surface area contributed by atoms with E-state index in [1.165, 1.54) is 17.4 Å². The number of unbranched alkanes of at least 4 members (excludes halogenated alkanes) is 1. The fourth-order valence-corrected chi connectivity index (χ4v) is 7.38. The van der Waals surface area contributed by atoms with Gasteiger partial charge in [-0.3, -0.25) is 9.59 Å². The Kier molecular flexibility index (Phi) is 11.8. The molecule has 3 heterocycles. The maximum absolute atomic E-state index is 12.9. The van der Waals surface area contributed by atoms with Crippen LogP contribution in [0.25, 0.3) is 6.08 Å². The smallest absolute Gasteiger partial charge is 0.254 e. The third kappa shape index (κ3) is 9.73. The van der Waals surface area contributed by atoms with Crippen LogP contribution in [-0.2, 0) is 20.0 Å². The first kappa shape index (κ1) is 33.8. The highest BCUT2D eigenvalue weighted by Gasteiger charge is 2.29. The molecule has 2 aromatic rings. The molecule has 44 heavy (non-hydrogen) atoms. The minimum Gasteiger partial charge on any atom is -0.494 e. The normalized spacial score (nSPS) is 19.1. The van der Waals surface area contributed by atoms with Crippen molar-refractivity contribution in [2.75, 3.05) is 45.9 Å². The van der Waals surface area contributed by atoms with Gasteiger partial charge in [0.1, 0.15) is 5.75 Å². The Hall–Kier alpha value is -3.04. The molecule has 11 nitrogen and oxygen atoms in total. The predicted octanol–water partition coefficient (Wildman–Crippen LogP) is 3.50. The fraction of sp³-hybridized carbons (Fsp3) is 0.467. The van der Waals surface area contributed by atoms with Gasteiger partial charge < -0.3 is 14.5 Å². The van der Waals surface area contributed by atoms with Gasteiger partial charge in [0.25, 0.3) is 11.8 Å². The SMILES string of the molecule is C=CS(=O)(=O)NC[C@H]1CCN(C(=O)c2csc(/C=C/S(=O)(=O)NCC3CCN(C(=O)c4ccc(OCCCC)cc4)C3)c2)C1. The molecule has 1 aromatic carbocycles. The molecule has 0 aliphatic carbocycles. The first-order valence-corrected chi connectivity index (χ1v) is 18.7. The Morgan fingerprint density at radius 1 is 0.955 bits per heavy atom. The maximum atomic E-state index is 12.9. The molecule has 2 atom stereocenters. The summed E-state index contributed by atoms with van der Waals surface area (Å²) >= 11 is 1.26. The van der Waals surface area contributed by atoms with Gasteiger partial charge in [-0.1, -0.05) is 19.9 Å². The first-order chi connectivity index (χ1) is 21.0. The number of carbonyl (C=O) groups is 2. The van der Waals surface area contributed by atoms with Crippen molar-refractivity contribution >= 4 is 49.3 Å². The van der Waals surface area contributed by atoms with Gasteiger partial charge >= 0.3 is 0 Å². The van der Waals surface area contributed by atoms with Crippen molar-refractivity contribution in [3.63, 3.8) is 0 Å². The summed E-state index contributed by atoms with van der Waals surface area (Å²) in [5.41, 5.74) is 1.04. The Labute approximate surface area is 264 Å². The zero-order valence-corrected chi connectivity index (χ0v) is 27.3. The highest BCUT2D eigenvalue weighted by atomic mass is 32.2. The van der Waals surface area contributed by atoms with Crippen molar-refractivity contribution in [1.29, 1.82) is 0 Å². The number of amides is 2. The van der Waals surface area contributed by atoms with E-state index in [0.717, 1.165) is 29.4 Å². The molecular weight excluding hydrogens is 625 g/mol. The van der Waals surface area contributed by atoms with E-state index in [0.29, 0.717) is 61.6 Å². The lowest BCUT2D eigenvalue weighted by Gasteiger charge is -2.17. The summed E-state index contributed by atoms with van der Waals surface area (Å²) in [6.07, 6.45) is 4.86. The molecule has 4 rings (SSSR count). The zero-order chi connectivity index (χ0) is 31.7. The van der Waals surface area contributed by atoms with Crippen LogP contribution in [0.4, 0.5) is 0 Å². The van der Waals surface area contributed by atoms with Crippen LogP contribution in [0.3, 0.4) is 0 Å². The monoisotopic (exact) mass is 664 g/mol. The maximum Gasteiger partial charge on any atom is 0.254 e.